The predicted molar refractivity (Wildman–Crippen MR) is 113 cm³/mol. The van der Waals surface area contributed by atoms with E-state index in [0.717, 1.165) is 10.8 Å². The lowest BCUT2D eigenvalue weighted by atomic mass is 10.1. The summed E-state index contributed by atoms with van der Waals surface area (Å²) >= 11 is 0. The zero-order valence-corrected chi connectivity index (χ0v) is 16.9. The molecule has 0 aromatic heterocycles. The standard InChI is InChI=1S/C22H22N2O4S/c1-16-6-7-19(15-21(16)29(26,27)24-10-12-28-13-11-24)22(25)23-20-9-8-17-4-2-3-5-18(17)14-20/h2-9,14-15H,10-13H2,1H3,(H,23,25). The molecule has 4 rings (SSSR count). The lowest BCUT2D eigenvalue weighted by molar-refractivity contribution is 0.0730. The molecule has 0 saturated carbocycles. The number of fused-ring (bicyclic) bond motifs is 1. The molecule has 1 heterocycles. The number of sulfonamides is 1. The van der Waals surface area contributed by atoms with Crippen molar-refractivity contribution in [2.24, 2.45) is 0 Å². The number of rotatable bonds is 4. The monoisotopic (exact) mass is 410 g/mol. The molecule has 1 aliphatic heterocycles. The van der Waals surface area contributed by atoms with Crippen molar-refractivity contribution in [3.8, 4) is 0 Å². The Morgan fingerprint density at radius 2 is 1.69 bits per heavy atom. The van der Waals surface area contributed by atoms with E-state index in [1.165, 1.54) is 10.4 Å². The Morgan fingerprint density at radius 1 is 0.966 bits per heavy atom. The average molecular weight is 410 g/mol. The van der Waals surface area contributed by atoms with Crippen LogP contribution in [0.15, 0.2) is 65.6 Å². The van der Waals surface area contributed by atoms with Crippen LogP contribution in [0.25, 0.3) is 10.8 Å². The number of nitrogens with one attached hydrogen (secondary N) is 1. The predicted octanol–water partition coefficient (Wildman–Crippen LogP) is 3.42. The Morgan fingerprint density at radius 3 is 2.45 bits per heavy atom. The molecule has 0 spiro atoms. The van der Waals surface area contributed by atoms with Gasteiger partial charge in [-0.2, -0.15) is 4.31 Å². The molecule has 3 aromatic carbocycles. The number of morpholine rings is 1. The fourth-order valence-corrected chi connectivity index (χ4v) is 5.07. The fraction of sp³-hybridized carbons (Fsp3) is 0.227. The van der Waals surface area contributed by atoms with Crippen molar-refractivity contribution in [3.63, 3.8) is 0 Å². The van der Waals surface area contributed by atoms with E-state index in [1.54, 1.807) is 19.1 Å². The van der Waals surface area contributed by atoms with E-state index in [1.807, 2.05) is 42.5 Å². The summed E-state index contributed by atoms with van der Waals surface area (Å²) < 4.78 is 32.7. The first-order valence-corrected chi connectivity index (χ1v) is 10.9. The number of benzene rings is 3. The maximum Gasteiger partial charge on any atom is 0.255 e. The molecule has 1 fully saturated rings. The van der Waals surface area contributed by atoms with Gasteiger partial charge in [0.1, 0.15) is 0 Å². The molecule has 0 bridgehead atoms. The number of carbonyl (C=O) groups excluding carboxylic acids is 1. The average Bonchev–Trinajstić information content (AvgIpc) is 2.74. The maximum absolute atomic E-state index is 13.0. The number of ether oxygens (including phenoxy) is 1. The Balaban J connectivity index is 1.61. The van der Waals surface area contributed by atoms with Gasteiger partial charge in [-0.15, -0.1) is 0 Å². The number of amides is 1. The Bertz CT molecular complexity index is 1170. The number of hydrogen-bond donors (Lipinski definition) is 1. The van der Waals surface area contributed by atoms with Crippen LogP contribution in [-0.2, 0) is 14.8 Å². The summed E-state index contributed by atoms with van der Waals surface area (Å²) in [5.41, 5.74) is 1.57. The number of nitrogens with zero attached hydrogens (tertiary/aromatic N) is 1. The van der Waals surface area contributed by atoms with Gasteiger partial charge < -0.3 is 10.1 Å². The van der Waals surface area contributed by atoms with Crippen molar-refractivity contribution >= 4 is 32.4 Å². The third kappa shape index (κ3) is 4.03. The van der Waals surface area contributed by atoms with Gasteiger partial charge in [0.15, 0.2) is 0 Å². The largest absolute Gasteiger partial charge is 0.379 e. The Hall–Kier alpha value is -2.74. The molecule has 7 heteroatoms. The van der Waals surface area contributed by atoms with Gasteiger partial charge in [-0.3, -0.25) is 4.79 Å². The second-order valence-corrected chi connectivity index (χ2v) is 8.92. The van der Waals surface area contributed by atoms with Crippen LogP contribution in [0.4, 0.5) is 5.69 Å². The first-order chi connectivity index (χ1) is 13.9. The fourth-order valence-electron chi connectivity index (χ4n) is 3.42. The van der Waals surface area contributed by atoms with E-state index < -0.39 is 10.0 Å². The minimum atomic E-state index is -3.68. The first kappa shape index (κ1) is 19.6. The van der Waals surface area contributed by atoms with Crippen LogP contribution >= 0.6 is 0 Å². The van der Waals surface area contributed by atoms with Crippen LogP contribution in [0.2, 0.25) is 0 Å². The molecule has 0 radical (unpaired) electrons. The summed E-state index contributed by atoms with van der Waals surface area (Å²) in [4.78, 5) is 12.9. The smallest absolute Gasteiger partial charge is 0.255 e. The van der Waals surface area contributed by atoms with Crippen molar-refractivity contribution in [2.75, 3.05) is 31.6 Å². The van der Waals surface area contributed by atoms with E-state index in [4.69, 9.17) is 4.74 Å². The third-order valence-electron chi connectivity index (χ3n) is 5.05. The van der Waals surface area contributed by atoms with Crippen LogP contribution in [0.1, 0.15) is 15.9 Å². The summed E-state index contributed by atoms with van der Waals surface area (Å²) in [7, 11) is -3.68. The summed E-state index contributed by atoms with van der Waals surface area (Å²) in [5, 5.41) is 4.96. The highest BCUT2D eigenvalue weighted by Crippen LogP contribution is 2.24. The number of aryl methyl sites for hydroxylation is 1. The van der Waals surface area contributed by atoms with Crippen LogP contribution < -0.4 is 5.32 Å². The van der Waals surface area contributed by atoms with Crippen LogP contribution in [0, 0.1) is 6.92 Å². The van der Waals surface area contributed by atoms with E-state index in [9.17, 15) is 13.2 Å². The summed E-state index contributed by atoms with van der Waals surface area (Å²) in [6.07, 6.45) is 0. The molecule has 3 aromatic rings. The zero-order valence-electron chi connectivity index (χ0n) is 16.1. The second-order valence-electron chi connectivity index (χ2n) is 7.01. The highest BCUT2D eigenvalue weighted by Gasteiger charge is 2.28. The van der Waals surface area contributed by atoms with Crippen molar-refractivity contribution in [3.05, 3.63) is 71.8 Å². The molecule has 150 valence electrons. The quantitative estimate of drug-likeness (QED) is 0.715. The summed E-state index contributed by atoms with van der Waals surface area (Å²) in [6, 6.07) is 18.3. The van der Waals surface area contributed by atoms with Gasteiger partial charge in [0.25, 0.3) is 5.91 Å². The zero-order chi connectivity index (χ0) is 20.4. The van der Waals surface area contributed by atoms with E-state index in [-0.39, 0.29) is 10.8 Å². The van der Waals surface area contributed by atoms with Gasteiger partial charge in [-0.1, -0.05) is 36.4 Å². The molecule has 0 atom stereocenters. The SMILES string of the molecule is Cc1ccc(C(=O)Nc2ccc3ccccc3c2)cc1S(=O)(=O)N1CCOCC1. The normalized spacial score (nSPS) is 15.3. The van der Waals surface area contributed by atoms with E-state index in [0.29, 0.717) is 43.1 Å². The maximum atomic E-state index is 13.0. The van der Waals surface area contributed by atoms with Crippen molar-refractivity contribution in [1.82, 2.24) is 4.31 Å². The first-order valence-electron chi connectivity index (χ1n) is 9.44. The molecule has 6 nitrogen and oxygen atoms in total. The molecule has 0 unspecified atom stereocenters. The molecule has 1 amide bonds. The number of hydrogen-bond acceptors (Lipinski definition) is 4. The lowest BCUT2D eigenvalue weighted by Crippen LogP contribution is -2.40. The summed E-state index contributed by atoms with van der Waals surface area (Å²) in [6.45, 7) is 3.11. The van der Waals surface area contributed by atoms with Gasteiger partial charge in [0.2, 0.25) is 10.0 Å². The second kappa shape index (κ2) is 7.94. The number of carbonyl (C=O) groups is 1. The molecule has 1 saturated heterocycles. The molecular weight excluding hydrogens is 388 g/mol. The highest BCUT2D eigenvalue weighted by molar-refractivity contribution is 7.89. The van der Waals surface area contributed by atoms with Gasteiger partial charge in [0.05, 0.1) is 18.1 Å². The molecule has 29 heavy (non-hydrogen) atoms. The van der Waals surface area contributed by atoms with E-state index >= 15 is 0 Å². The van der Waals surface area contributed by atoms with Crippen molar-refractivity contribution in [1.29, 1.82) is 0 Å². The van der Waals surface area contributed by atoms with Gasteiger partial charge in [0, 0.05) is 24.3 Å². The molecule has 1 aliphatic rings. The minimum Gasteiger partial charge on any atom is -0.379 e. The van der Waals surface area contributed by atoms with Gasteiger partial charge in [-0.05, 0) is 47.5 Å². The van der Waals surface area contributed by atoms with Crippen LogP contribution in [0.3, 0.4) is 0 Å². The Labute approximate surface area is 170 Å². The van der Waals surface area contributed by atoms with Crippen molar-refractivity contribution in [2.45, 2.75) is 11.8 Å². The topological polar surface area (TPSA) is 75.7 Å². The lowest BCUT2D eigenvalue weighted by Gasteiger charge is -2.26. The molecule has 0 aliphatic carbocycles. The highest BCUT2D eigenvalue weighted by atomic mass is 32.2. The van der Waals surface area contributed by atoms with Gasteiger partial charge >= 0.3 is 0 Å². The minimum absolute atomic E-state index is 0.158. The van der Waals surface area contributed by atoms with Gasteiger partial charge in [-0.25, -0.2) is 8.42 Å². The molecular formula is C22H22N2O4S. The number of anilines is 1. The van der Waals surface area contributed by atoms with Crippen LogP contribution in [0.5, 0.6) is 0 Å². The Kier molecular flexibility index (Phi) is 5.36. The summed E-state index contributed by atoms with van der Waals surface area (Å²) in [5.74, 6) is -0.348. The molecule has 1 N–H and O–H groups in total. The van der Waals surface area contributed by atoms with E-state index in [2.05, 4.69) is 5.32 Å². The van der Waals surface area contributed by atoms with Crippen LogP contribution in [-0.4, -0.2) is 44.9 Å². The third-order valence-corrected chi connectivity index (χ3v) is 7.09. The van der Waals surface area contributed by atoms with Crippen molar-refractivity contribution < 1.29 is 17.9 Å².